The number of aliphatic carboxylic acids is 1. The van der Waals surface area contributed by atoms with Crippen LogP contribution in [0.25, 0.3) is 0 Å². The Kier molecular flexibility index (Phi) is 9.64. The summed E-state index contributed by atoms with van der Waals surface area (Å²) in [6.45, 7) is 2.81. The fourth-order valence-electron chi connectivity index (χ4n) is 3.04. The van der Waals surface area contributed by atoms with Crippen LogP contribution in [0.5, 0.6) is 0 Å². The molecule has 0 aromatic heterocycles. The molecule has 0 bridgehead atoms. The van der Waals surface area contributed by atoms with E-state index in [4.69, 9.17) is 10.8 Å². The van der Waals surface area contributed by atoms with Crippen LogP contribution in [-0.2, 0) is 19.2 Å². The SMILES string of the molecule is CC(=O)N[C@@H](CCCCN)C(=O)N1CCCC(C(=O)NCCC(=O)O)C1. The van der Waals surface area contributed by atoms with E-state index in [0.717, 1.165) is 12.8 Å². The summed E-state index contributed by atoms with van der Waals surface area (Å²) < 4.78 is 0. The number of hydrogen-bond acceptors (Lipinski definition) is 5. The van der Waals surface area contributed by atoms with E-state index in [2.05, 4.69) is 10.6 Å². The molecule has 1 fully saturated rings. The van der Waals surface area contributed by atoms with Gasteiger partial charge in [0.2, 0.25) is 17.7 Å². The molecular weight excluding hydrogens is 340 g/mol. The molecule has 0 aromatic rings. The second-order valence-corrected chi connectivity index (χ2v) is 6.60. The number of unbranched alkanes of at least 4 members (excludes halogenated alkanes) is 1. The molecule has 148 valence electrons. The molecule has 0 saturated carbocycles. The van der Waals surface area contributed by atoms with Gasteiger partial charge in [0, 0.05) is 26.6 Å². The average Bonchev–Trinajstić information content (AvgIpc) is 2.59. The number of piperidine rings is 1. The normalized spacial score (nSPS) is 18.1. The molecule has 1 rings (SSSR count). The van der Waals surface area contributed by atoms with Gasteiger partial charge >= 0.3 is 5.97 Å². The van der Waals surface area contributed by atoms with Crippen molar-refractivity contribution in [3.05, 3.63) is 0 Å². The first-order valence-corrected chi connectivity index (χ1v) is 9.10. The maximum absolute atomic E-state index is 12.8. The number of nitrogens with one attached hydrogen (secondary N) is 2. The second kappa shape index (κ2) is 11.5. The van der Waals surface area contributed by atoms with Crippen molar-refractivity contribution in [2.45, 2.75) is 51.5 Å². The van der Waals surface area contributed by atoms with Gasteiger partial charge in [-0.25, -0.2) is 0 Å². The van der Waals surface area contributed by atoms with E-state index < -0.39 is 12.0 Å². The van der Waals surface area contributed by atoms with Crippen LogP contribution in [0, 0.1) is 5.92 Å². The topological polar surface area (TPSA) is 142 Å². The third-order valence-electron chi connectivity index (χ3n) is 4.36. The predicted molar refractivity (Wildman–Crippen MR) is 95.1 cm³/mol. The maximum atomic E-state index is 12.8. The van der Waals surface area contributed by atoms with Gasteiger partial charge in [0.25, 0.3) is 0 Å². The van der Waals surface area contributed by atoms with Gasteiger partial charge in [-0.1, -0.05) is 0 Å². The van der Waals surface area contributed by atoms with Crippen molar-refractivity contribution in [1.82, 2.24) is 15.5 Å². The van der Waals surface area contributed by atoms with Gasteiger partial charge in [-0.15, -0.1) is 0 Å². The minimum atomic E-state index is -0.971. The number of carbonyl (C=O) groups excluding carboxylic acids is 3. The van der Waals surface area contributed by atoms with E-state index in [1.54, 1.807) is 4.90 Å². The summed E-state index contributed by atoms with van der Waals surface area (Å²) in [5, 5.41) is 13.9. The molecular formula is C17H30N4O5. The Morgan fingerprint density at radius 3 is 2.62 bits per heavy atom. The Morgan fingerprint density at radius 1 is 1.27 bits per heavy atom. The largest absolute Gasteiger partial charge is 0.481 e. The summed E-state index contributed by atoms with van der Waals surface area (Å²) in [7, 11) is 0. The third kappa shape index (κ3) is 7.81. The van der Waals surface area contributed by atoms with E-state index in [1.165, 1.54) is 6.92 Å². The molecule has 0 spiro atoms. The Hall–Kier alpha value is -2.16. The first kappa shape index (κ1) is 21.9. The lowest BCUT2D eigenvalue weighted by Gasteiger charge is -2.34. The molecule has 9 heteroatoms. The van der Waals surface area contributed by atoms with Crippen LogP contribution in [0.3, 0.4) is 0 Å². The van der Waals surface area contributed by atoms with Crippen molar-refractivity contribution in [2.24, 2.45) is 11.7 Å². The first-order valence-electron chi connectivity index (χ1n) is 9.10. The second-order valence-electron chi connectivity index (χ2n) is 6.60. The fourth-order valence-corrected chi connectivity index (χ4v) is 3.04. The van der Waals surface area contributed by atoms with Gasteiger partial charge in [0.1, 0.15) is 6.04 Å². The molecule has 0 aromatic carbocycles. The van der Waals surface area contributed by atoms with Crippen molar-refractivity contribution in [1.29, 1.82) is 0 Å². The van der Waals surface area contributed by atoms with Crippen LogP contribution < -0.4 is 16.4 Å². The highest BCUT2D eigenvalue weighted by Gasteiger charge is 2.31. The molecule has 3 amide bonds. The van der Waals surface area contributed by atoms with Gasteiger partial charge < -0.3 is 26.4 Å². The summed E-state index contributed by atoms with van der Waals surface area (Å²) in [5.74, 6) is -2.01. The number of nitrogens with zero attached hydrogens (tertiary/aromatic N) is 1. The smallest absolute Gasteiger partial charge is 0.305 e. The molecule has 2 atom stereocenters. The van der Waals surface area contributed by atoms with Crippen LogP contribution in [0.15, 0.2) is 0 Å². The van der Waals surface area contributed by atoms with Gasteiger partial charge in [0.15, 0.2) is 0 Å². The molecule has 1 aliphatic rings. The minimum absolute atomic E-state index is 0.0756. The number of carboxylic acids is 1. The lowest BCUT2D eigenvalue weighted by molar-refractivity contribution is -0.139. The molecule has 1 heterocycles. The zero-order valence-electron chi connectivity index (χ0n) is 15.3. The quantitative estimate of drug-likeness (QED) is 0.380. The van der Waals surface area contributed by atoms with E-state index in [-0.39, 0.29) is 43.1 Å². The lowest BCUT2D eigenvalue weighted by atomic mass is 9.96. The molecule has 26 heavy (non-hydrogen) atoms. The van der Waals surface area contributed by atoms with Crippen molar-refractivity contribution < 1.29 is 24.3 Å². The fraction of sp³-hybridized carbons (Fsp3) is 0.765. The summed E-state index contributed by atoms with van der Waals surface area (Å²) in [6, 6.07) is -0.604. The number of nitrogens with two attached hydrogens (primary N) is 1. The standard InChI is InChI=1S/C17H30N4O5/c1-12(22)20-14(6-2-3-8-18)17(26)21-10-4-5-13(11-21)16(25)19-9-7-15(23)24/h13-14H,2-11,18H2,1H3,(H,19,25)(H,20,22)(H,23,24)/t13?,14-/m0/s1. The molecule has 1 unspecified atom stereocenters. The minimum Gasteiger partial charge on any atom is -0.481 e. The van der Waals surface area contributed by atoms with Crippen LogP contribution >= 0.6 is 0 Å². The van der Waals surface area contributed by atoms with Crippen molar-refractivity contribution in [3.8, 4) is 0 Å². The van der Waals surface area contributed by atoms with Gasteiger partial charge in [-0.05, 0) is 38.6 Å². The van der Waals surface area contributed by atoms with Gasteiger partial charge in [0.05, 0.1) is 12.3 Å². The number of rotatable bonds is 10. The molecule has 1 aliphatic heterocycles. The predicted octanol–water partition coefficient (Wildman–Crippen LogP) is -0.550. The first-order chi connectivity index (χ1) is 12.3. The Morgan fingerprint density at radius 2 is 2.00 bits per heavy atom. The summed E-state index contributed by atoms with van der Waals surface area (Å²) in [6.07, 6.45) is 3.24. The van der Waals surface area contributed by atoms with Crippen molar-refractivity contribution in [3.63, 3.8) is 0 Å². The summed E-state index contributed by atoms with van der Waals surface area (Å²) in [5.41, 5.74) is 5.48. The Bertz CT molecular complexity index is 511. The maximum Gasteiger partial charge on any atom is 0.305 e. The molecule has 9 nitrogen and oxygen atoms in total. The van der Waals surface area contributed by atoms with E-state index >= 15 is 0 Å². The zero-order chi connectivity index (χ0) is 19.5. The molecule has 0 radical (unpaired) electrons. The van der Waals surface area contributed by atoms with E-state index in [9.17, 15) is 19.2 Å². The van der Waals surface area contributed by atoms with E-state index in [0.29, 0.717) is 32.4 Å². The summed E-state index contributed by atoms with van der Waals surface area (Å²) >= 11 is 0. The molecule has 5 N–H and O–H groups in total. The van der Waals surface area contributed by atoms with Gasteiger partial charge in [-0.3, -0.25) is 19.2 Å². The number of carboxylic acid groups (broad SMARTS) is 1. The number of amides is 3. The lowest BCUT2D eigenvalue weighted by Crippen LogP contribution is -2.52. The summed E-state index contributed by atoms with van der Waals surface area (Å²) in [4.78, 5) is 48.5. The van der Waals surface area contributed by atoms with Crippen LogP contribution in [0.4, 0.5) is 0 Å². The Balaban J connectivity index is 2.60. The van der Waals surface area contributed by atoms with Gasteiger partial charge in [-0.2, -0.15) is 0 Å². The third-order valence-corrected chi connectivity index (χ3v) is 4.36. The average molecular weight is 370 g/mol. The highest BCUT2D eigenvalue weighted by atomic mass is 16.4. The number of hydrogen-bond donors (Lipinski definition) is 4. The highest BCUT2D eigenvalue weighted by molar-refractivity contribution is 5.87. The van der Waals surface area contributed by atoms with Crippen LogP contribution in [0.2, 0.25) is 0 Å². The van der Waals surface area contributed by atoms with Crippen molar-refractivity contribution >= 4 is 23.7 Å². The highest BCUT2D eigenvalue weighted by Crippen LogP contribution is 2.18. The van der Waals surface area contributed by atoms with Crippen molar-refractivity contribution in [2.75, 3.05) is 26.2 Å². The van der Waals surface area contributed by atoms with Crippen LogP contribution in [-0.4, -0.2) is 65.9 Å². The monoisotopic (exact) mass is 370 g/mol. The number of carbonyl (C=O) groups is 4. The van der Waals surface area contributed by atoms with E-state index in [1.807, 2.05) is 0 Å². The Labute approximate surface area is 153 Å². The molecule has 1 saturated heterocycles. The number of likely N-dealkylation sites (tertiary alicyclic amines) is 1. The molecule has 0 aliphatic carbocycles. The zero-order valence-corrected chi connectivity index (χ0v) is 15.3. The van der Waals surface area contributed by atoms with Crippen LogP contribution in [0.1, 0.15) is 45.4 Å².